The van der Waals surface area contributed by atoms with E-state index in [1.165, 1.54) is 0 Å². The highest BCUT2D eigenvalue weighted by Gasteiger charge is 2.30. The molecular weight excluding hydrogens is 282 g/mol. The zero-order chi connectivity index (χ0) is 16.2. The molecule has 1 N–H and O–H groups in total. The first-order valence-corrected chi connectivity index (χ1v) is 7.54. The Morgan fingerprint density at radius 3 is 2.64 bits per heavy atom. The van der Waals surface area contributed by atoms with Crippen LogP contribution in [-0.2, 0) is 9.53 Å². The molecule has 22 heavy (non-hydrogen) atoms. The summed E-state index contributed by atoms with van der Waals surface area (Å²) in [4.78, 5) is 29.9. The summed E-state index contributed by atoms with van der Waals surface area (Å²) in [6.45, 7) is 6.53. The maximum atomic E-state index is 12.3. The van der Waals surface area contributed by atoms with Gasteiger partial charge in [-0.15, -0.1) is 0 Å². The summed E-state index contributed by atoms with van der Waals surface area (Å²) >= 11 is 0. The smallest absolute Gasteiger partial charge is 0.410 e. The molecule has 0 bridgehead atoms. The second-order valence-corrected chi connectivity index (χ2v) is 6.49. The number of hydrogen-bond acceptors (Lipinski definition) is 4. The van der Waals surface area contributed by atoms with Gasteiger partial charge in [-0.1, -0.05) is 0 Å². The number of ether oxygens (including phenoxy) is 1. The summed E-state index contributed by atoms with van der Waals surface area (Å²) in [6.07, 6.45) is 4.48. The van der Waals surface area contributed by atoms with E-state index in [9.17, 15) is 9.59 Å². The predicted octanol–water partition coefficient (Wildman–Crippen LogP) is 2.67. The van der Waals surface area contributed by atoms with E-state index in [0.717, 1.165) is 18.5 Å². The lowest BCUT2D eigenvalue weighted by atomic mass is 9.97. The molecule has 0 unspecified atom stereocenters. The molecule has 1 aliphatic rings. The Morgan fingerprint density at radius 2 is 2.00 bits per heavy atom. The van der Waals surface area contributed by atoms with Gasteiger partial charge in [-0.05, 0) is 45.7 Å². The minimum Gasteiger partial charge on any atom is -0.444 e. The van der Waals surface area contributed by atoms with Crippen LogP contribution in [0.15, 0.2) is 24.5 Å². The topological polar surface area (TPSA) is 71.5 Å². The number of pyridine rings is 1. The molecule has 1 fully saturated rings. The Balaban J connectivity index is 1.92. The van der Waals surface area contributed by atoms with Crippen LogP contribution < -0.4 is 5.32 Å². The molecule has 0 saturated carbocycles. The minimum atomic E-state index is -0.524. The van der Waals surface area contributed by atoms with E-state index in [4.69, 9.17) is 4.74 Å². The second-order valence-electron chi connectivity index (χ2n) is 6.49. The molecule has 6 heteroatoms. The van der Waals surface area contributed by atoms with E-state index >= 15 is 0 Å². The largest absolute Gasteiger partial charge is 0.444 e. The van der Waals surface area contributed by atoms with Crippen LogP contribution >= 0.6 is 0 Å². The molecule has 120 valence electrons. The molecule has 2 rings (SSSR count). The van der Waals surface area contributed by atoms with Crippen molar-refractivity contribution in [3.05, 3.63) is 24.5 Å². The standard InChI is InChI=1S/C16H23N3O3/c1-16(2,3)22-15(21)19-10-4-5-12(11-19)14(20)18-13-6-8-17-9-7-13/h6-9,12H,4-5,10-11H2,1-3H3,(H,17,18,20)/t12-/m1/s1. The molecule has 2 amide bonds. The number of aromatic nitrogens is 1. The van der Waals surface area contributed by atoms with Crippen LogP contribution in [0.1, 0.15) is 33.6 Å². The van der Waals surface area contributed by atoms with E-state index in [-0.39, 0.29) is 17.9 Å². The minimum absolute atomic E-state index is 0.0699. The number of piperidine rings is 1. The van der Waals surface area contributed by atoms with Crippen molar-refractivity contribution in [3.8, 4) is 0 Å². The summed E-state index contributed by atoms with van der Waals surface area (Å²) in [5.74, 6) is -0.283. The van der Waals surface area contributed by atoms with Crippen LogP contribution in [0.3, 0.4) is 0 Å². The molecular formula is C16H23N3O3. The molecule has 1 aromatic rings. The quantitative estimate of drug-likeness (QED) is 0.912. The molecule has 0 radical (unpaired) electrons. The van der Waals surface area contributed by atoms with E-state index in [2.05, 4.69) is 10.3 Å². The summed E-state index contributed by atoms with van der Waals surface area (Å²) in [7, 11) is 0. The lowest BCUT2D eigenvalue weighted by Crippen LogP contribution is -2.45. The Kier molecular flexibility index (Phi) is 5.00. The van der Waals surface area contributed by atoms with Gasteiger partial charge < -0.3 is 15.0 Å². The maximum Gasteiger partial charge on any atom is 0.410 e. The summed E-state index contributed by atoms with van der Waals surface area (Å²) in [6, 6.07) is 3.48. The number of anilines is 1. The molecule has 6 nitrogen and oxygen atoms in total. The third-order valence-corrected chi connectivity index (χ3v) is 3.39. The predicted molar refractivity (Wildman–Crippen MR) is 83.4 cm³/mol. The zero-order valence-corrected chi connectivity index (χ0v) is 13.3. The van der Waals surface area contributed by atoms with Crippen molar-refractivity contribution in [2.75, 3.05) is 18.4 Å². The number of nitrogens with zero attached hydrogens (tertiary/aromatic N) is 2. The van der Waals surface area contributed by atoms with Crippen molar-refractivity contribution < 1.29 is 14.3 Å². The molecule has 1 aromatic heterocycles. The Bertz CT molecular complexity index is 525. The molecule has 0 aliphatic carbocycles. The van der Waals surface area contributed by atoms with Crippen molar-refractivity contribution >= 4 is 17.7 Å². The fraction of sp³-hybridized carbons (Fsp3) is 0.562. The number of rotatable bonds is 2. The molecule has 1 aliphatic heterocycles. The fourth-order valence-electron chi connectivity index (χ4n) is 2.36. The first-order valence-electron chi connectivity index (χ1n) is 7.54. The van der Waals surface area contributed by atoms with Crippen molar-refractivity contribution in [1.29, 1.82) is 0 Å². The highest BCUT2D eigenvalue weighted by molar-refractivity contribution is 5.92. The first kappa shape index (κ1) is 16.3. The monoisotopic (exact) mass is 305 g/mol. The molecule has 0 spiro atoms. The Hall–Kier alpha value is -2.11. The number of likely N-dealkylation sites (tertiary alicyclic amines) is 1. The van der Waals surface area contributed by atoms with Gasteiger partial charge in [-0.3, -0.25) is 9.78 Å². The number of hydrogen-bond donors (Lipinski definition) is 1. The van der Waals surface area contributed by atoms with Gasteiger partial charge in [-0.25, -0.2) is 4.79 Å². The van der Waals surface area contributed by atoms with Crippen molar-refractivity contribution in [1.82, 2.24) is 9.88 Å². The average molecular weight is 305 g/mol. The number of carbonyl (C=O) groups is 2. The highest BCUT2D eigenvalue weighted by Crippen LogP contribution is 2.20. The number of nitrogens with one attached hydrogen (secondary N) is 1. The normalized spacial score (nSPS) is 18.7. The van der Waals surface area contributed by atoms with E-state index in [1.807, 2.05) is 20.8 Å². The number of carbonyl (C=O) groups excluding carboxylic acids is 2. The van der Waals surface area contributed by atoms with Gasteiger partial charge >= 0.3 is 6.09 Å². The Labute approximate surface area is 130 Å². The van der Waals surface area contributed by atoms with Gasteiger partial charge in [0.2, 0.25) is 5.91 Å². The Morgan fingerprint density at radius 1 is 1.32 bits per heavy atom. The van der Waals surface area contributed by atoms with Gasteiger partial charge in [0.25, 0.3) is 0 Å². The first-order chi connectivity index (χ1) is 10.3. The van der Waals surface area contributed by atoms with Crippen LogP contribution in [0.5, 0.6) is 0 Å². The van der Waals surface area contributed by atoms with Gasteiger partial charge in [0.15, 0.2) is 0 Å². The molecule has 2 heterocycles. The third kappa shape index (κ3) is 4.72. The molecule has 0 aromatic carbocycles. The van der Waals surface area contributed by atoms with Crippen LogP contribution in [-0.4, -0.2) is 40.6 Å². The zero-order valence-electron chi connectivity index (χ0n) is 13.3. The van der Waals surface area contributed by atoms with Crippen molar-refractivity contribution in [2.45, 2.75) is 39.2 Å². The summed E-state index contributed by atoms with van der Waals surface area (Å²) in [5, 5.41) is 2.86. The lowest BCUT2D eigenvalue weighted by molar-refractivity contribution is -0.121. The van der Waals surface area contributed by atoms with Crippen molar-refractivity contribution in [3.63, 3.8) is 0 Å². The van der Waals surface area contributed by atoms with E-state index < -0.39 is 5.60 Å². The summed E-state index contributed by atoms with van der Waals surface area (Å²) < 4.78 is 5.37. The number of amides is 2. The van der Waals surface area contributed by atoms with Gasteiger partial charge in [0.05, 0.1) is 5.92 Å². The molecule has 1 atom stereocenters. The van der Waals surface area contributed by atoms with Gasteiger partial charge in [0, 0.05) is 31.2 Å². The highest BCUT2D eigenvalue weighted by atomic mass is 16.6. The molecule has 1 saturated heterocycles. The van der Waals surface area contributed by atoms with Crippen LogP contribution in [0, 0.1) is 5.92 Å². The fourth-order valence-corrected chi connectivity index (χ4v) is 2.36. The summed E-state index contributed by atoms with van der Waals surface area (Å²) in [5.41, 5.74) is 0.193. The SMILES string of the molecule is CC(C)(C)OC(=O)N1CCC[C@@H](C(=O)Nc2ccncc2)C1. The average Bonchev–Trinajstić information content (AvgIpc) is 2.46. The lowest BCUT2D eigenvalue weighted by Gasteiger charge is -2.33. The van der Waals surface area contributed by atoms with Crippen molar-refractivity contribution in [2.24, 2.45) is 5.92 Å². The van der Waals surface area contributed by atoms with Crippen LogP contribution in [0.25, 0.3) is 0 Å². The van der Waals surface area contributed by atoms with Gasteiger partial charge in [0.1, 0.15) is 5.60 Å². The van der Waals surface area contributed by atoms with Crippen LogP contribution in [0.4, 0.5) is 10.5 Å². The van der Waals surface area contributed by atoms with E-state index in [0.29, 0.717) is 13.1 Å². The maximum absolute atomic E-state index is 12.3. The van der Waals surface area contributed by atoms with Crippen LogP contribution in [0.2, 0.25) is 0 Å². The van der Waals surface area contributed by atoms with E-state index in [1.54, 1.807) is 29.4 Å². The third-order valence-electron chi connectivity index (χ3n) is 3.39. The second kappa shape index (κ2) is 6.77. The van der Waals surface area contributed by atoms with Gasteiger partial charge in [-0.2, -0.15) is 0 Å².